The molecule has 50 heavy (non-hydrogen) atoms. The van der Waals surface area contributed by atoms with Gasteiger partial charge in [0.1, 0.15) is 24.7 Å². The summed E-state index contributed by atoms with van der Waals surface area (Å²) in [5, 5.41) is 12.1. The van der Waals surface area contributed by atoms with E-state index in [1.54, 1.807) is 12.4 Å². The van der Waals surface area contributed by atoms with Crippen molar-refractivity contribution in [1.82, 2.24) is 25.9 Å². The summed E-state index contributed by atoms with van der Waals surface area (Å²) in [4.78, 5) is 61.4. The topological polar surface area (TPSA) is 154 Å². The molecule has 3 amide bonds. The van der Waals surface area contributed by atoms with Gasteiger partial charge in [-0.25, -0.2) is 9.59 Å². The standard InChI is InChI=1S/C38H37N5O6S/c1-48-37(46)34(20-27-12-9-17-50-27)42-35(44)32(18-25-21-39-30-15-7-5-13-28(25)30)41-36(45)33(19-26-22-40-31-16-8-6-14-29(26)31)43-38(47)49-23-24-10-3-2-4-11-24/h2-17,21-22,32-34,39-40H,18-20,23H2,1H3,(H,41,45)(H,42,44)(H,43,47). The molecule has 0 saturated carbocycles. The molecule has 256 valence electrons. The van der Waals surface area contributed by atoms with Gasteiger partial charge in [0.05, 0.1) is 7.11 Å². The minimum Gasteiger partial charge on any atom is -0.467 e. The van der Waals surface area contributed by atoms with Crippen LogP contribution in [0.4, 0.5) is 4.79 Å². The molecule has 0 radical (unpaired) electrons. The summed E-state index contributed by atoms with van der Waals surface area (Å²) < 4.78 is 10.5. The van der Waals surface area contributed by atoms with E-state index in [2.05, 4.69) is 25.9 Å². The van der Waals surface area contributed by atoms with E-state index in [-0.39, 0.29) is 25.9 Å². The summed E-state index contributed by atoms with van der Waals surface area (Å²) in [6, 6.07) is 25.0. The molecule has 12 heteroatoms. The first kappa shape index (κ1) is 34.0. The Labute approximate surface area is 292 Å². The van der Waals surface area contributed by atoms with Gasteiger partial charge in [-0.15, -0.1) is 11.3 Å². The Hall–Kier alpha value is -5.88. The van der Waals surface area contributed by atoms with Gasteiger partial charge in [-0.2, -0.15) is 0 Å². The molecule has 0 fully saturated rings. The van der Waals surface area contributed by atoms with Crippen LogP contribution in [0.25, 0.3) is 21.8 Å². The second kappa shape index (κ2) is 16.0. The van der Waals surface area contributed by atoms with E-state index < -0.39 is 42.0 Å². The molecular formula is C38H37N5O6S. The third kappa shape index (κ3) is 8.39. The number of aromatic amines is 2. The van der Waals surface area contributed by atoms with E-state index in [0.717, 1.165) is 43.4 Å². The van der Waals surface area contributed by atoms with Gasteiger partial charge in [-0.05, 0) is 40.3 Å². The highest BCUT2D eigenvalue weighted by molar-refractivity contribution is 7.09. The molecule has 3 heterocycles. The molecule has 6 rings (SSSR count). The van der Waals surface area contributed by atoms with Crippen molar-refractivity contribution in [3.63, 3.8) is 0 Å². The molecule has 3 unspecified atom stereocenters. The second-order valence-electron chi connectivity index (χ2n) is 11.8. The van der Waals surface area contributed by atoms with E-state index in [0.29, 0.717) is 0 Å². The molecule has 0 aliphatic rings. The van der Waals surface area contributed by atoms with Crippen molar-refractivity contribution in [1.29, 1.82) is 0 Å². The van der Waals surface area contributed by atoms with Crippen LogP contribution < -0.4 is 16.0 Å². The maximum atomic E-state index is 14.2. The normalized spacial score (nSPS) is 12.9. The highest BCUT2D eigenvalue weighted by Gasteiger charge is 2.32. The number of benzene rings is 3. The first-order valence-electron chi connectivity index (χ1n) is 16.2. The van der Waals surface area contributed by atoms with Crippen LogP contribution in [0.15, 0.2) is 109 Å². The Morgan fingerprint density at radius 2 is 1.22 bits per heavy atom. The number of fused-ring (bicyclic) bond motifs is 2. The zero-order valence-electron chi connectivity index (χ0n) is 27.3. The van der Waals surface area contributed by atoms with Gasteiger partial charge in [0, 0.05) is 58.3 Å². The average molecular weight is 692 g/mol. The monoisotopic (exact) mass is 691 g/mol. The van der Waals surface area contributed by atoms with Crippen LogP contribution in [-0.2, 0) is 49.7 Å². The number of esters is 1. The fourth-order valence-corrected chi connectivity index (χ4v) is 6.63. The van der Waals surface area contributed by atoms with Crippen LogP contribution in [0.1, 0.15) is 21.6 Å². The van der Waals surface area contributed by atoms with Crippen molar-refractivity contribution >= 4 is 57.0 Å². The maximum absolute atomic E-state index is 14.2. The number of amides is 3. The number of carbonyl (C=O) groups is 4. The Bertz CT molecular complexity index is 2070. The molecule has 3 aromatic carbocycles. The minimum absolute atomic E-state index is 0.0127. The summed E-state index contributed by atoms with van der Waals surface area (Å²) >= 11 is 1.46. The van der Waals surface area contributed by atoms with E-state index in [1.807, 2.05) is 96.4 Å². The Balaban J connectivity index is 1.26. The van der Waals surface area contributed by atoms with Crippen LogP contribution >= 0.6 is 11.3 Å². The number of ether oxygens (including phenoxy) is 2. The number of nitrogens with one attached hydrogen (secondary N) is 5. The summed E-state index contributed by atoms with van der Waals surface area (Å²) in [5.41, 5.74) is 4.13. The third-order valence-corrected chi connectivity index (χ3v) is 9.34. The van der Waals surface area contributed by atoms with Crippen molar-refractivity contribution < 1.29 is 28.7 Å². The first-order valence-corrected chi connectivity index (χ1v) is 17.0. The van der Waals surface area contributed by atoms with Crippen LogP contribution in [-0.4, -0.2) is 59.1 Å². The van der Waals surface area contributed by atoms with Crippen molar-refractivity contribution in [3.05, 3.63) is 130 Å². The number of H-pyrrole nitrogens is 2. The number of hydrogen-bond acceptors (Lipinski definition) is 7. The fourth-order valence-electron chi connectivity index (χ4n) is 5.88. The average Bonchev–Trinajstić information content (AvgIpc) is 3.91. The number of aromatic nitrogens is 2. The summed E-state index contributed by atoms with van der Waals surface area (Å²) in [6.45, 7) is 0.0127. The number of thiophene rings is 1. The molecule has 0 aliphatic heterocycles. The number of para-hydroxylation sites is 2. The number of methoxy groups -OCH3 is 1. The lowest BCUT2D eigenvalue weighted by molar-refractivity contribution is -0.145. The minimum atomic E-state index is -1.12. The molecule has 0 aliphatic carbocycles. The smallest absolute Gasteiger partial charge is 0.408 e. The lowest BCUT2D eigenvalue weighted by atomic mass is 10.0. The molecule has 3 atom stereocenters. The highest BCUT2D eigenvalue weighted by Crippen LogP contribution is 2.21. The lowest BCUT2D eigenvalue weighted by Gasteiger charge is -2.25. The van der Waals surface area contributed by atoms with Crippen LogP contribution in [0.3, 0.4) is 0 Å². The first-order chi connectivity index (χ1) is 24.4. The number of alkyl carbamates (subject to hydrolysis) is 1. The molecule has 0 spiro atoms. The fraction of sp³-hybridized carbons (Fsp3) is 0.211. The summed E-state index contributed by atoms with van der Waals surface area (Å²) in [7, 11) is 1.26. The quantitative estimate of drug-likeness (QED) is 0.0993. The zero-order chi connectivity index (χ0) is 34.9. The van der Waals surface area contributed by atoms with E-state index >= 15 is 0 Å². The van der Waals surface area contributed by atoms with Crippen LogP contribution in [0.2, 0.25) is 0 Å². The predicted octanol–water partition coefficient (Wildman–Crippen LogP) is 5.18. The molecule has 0 bridgehead atoms. The van der Waals surface area contributed by atoms with E-state index in [9.17, 15) is 19.2 Å². The Morgan fingerprint density at radius 1 is 0.660 bits per heavy atom. The van der Waals surface area contributed by atoms with Gasteiger partial charge in [-0.1, -0.05) is 72.8 Å². The number of carbonyl (C=O) groups excluding carboxylic acids is 4. The third-order valence-electron chi connectivity index (χ3n) is 8.44. The second-order valence-corrected chi connectivity index (χ2v) is 12.8. The lowest BCUT2D eigenvalue weighted by Crippen LogP contribution is -2.57. The van der Waals surface area contributed by atoms with Gasteiger partial charge in [0.25, 0.3) is 0 Å². The molecule has 3 aromatic heterocycles. The van der Waals surface area contributed by atoms with Crippen molar-refractivity contribution in [2.24, 2.45) is 0 Å². The van der Waals surface area contributed by atoms with Crippen molar-refractivity contribution in [2.75, 3.05) is 7.11 Å². The molecule has 6 aromatic rings. The summed E-state index contributed by atoms with van der Waals surface area (Å²) in [5.74, 6) is -1.78. The molecule has 0 saturated heterocycles. The Kier molecular flexibility index (Phi) is 10.9. The molecule has 11 nitrogen and oxygen atoms in total. The van der Waals surface area contributed by atoms with Gasteiger partial charge < -0.3 is 35.4 Å². The van der Waals surface area contributed by atoms with Gasteiger partial charge in [0.2, 0.25) is 11.8 Å². The Morgan fingerprint density at radius 3 is 1.80 bits per heavy atom. The predicted molar refractivity (Wildman–Crippen MR) is 191 cm³/mol. The van der Waals surface area contributed by atoms with E-state index in [4.69, 9.17) is 9.47 Å². The largest absolute Gasteiger partial charge is 0.467 e. The SMILES string of the molecule is COC(=O)C(Cc1cccs1)NC(=O)C(Cc1c[nH]c2ccccc12)NC(=O)C(Cc1c[nH]c2ccccc12)NC(=O)OCc1ccccc1. The molecule has 5 N–H and O–H groups in total. The van der Waals surface area contributed by atoms with Crippen LogP contribution in [0.5, 0.6) is 0 Å². The summed E-state index contributed by atoms with van der Waals surface area (Å²) in [6.07, 6.45) is 3.25. The number of rotatable bonds is 14. The number of hydrogen-bond donors (Lipinski definition) is 5. The zero-order valence-corrected chi connectivity index (χ0v) is 28.1. The van der Waals surface area contributed by atoms with Gasteiger partial charge >= 0.3 is 12.1 Å². The van der Waals surface area contributed by atoms with E-state index in [1.165, 1.54) is 18.4 Å². The highest BCUT2D eigenvalue weighted by atomic mass is 32.1. The maximum Gasteiger partial charge on any atom is 0.408 e. The van der Waals surface area contributed by atoms with Crippen molar-refractivity contribution in [3.8, 4) is 0 Å². The van der Waals surface area contributed by atoms with Gasteiger partial charge in [-0.3, -0.25) is 9.59 Å². The molecular weight excluding hydrogens is 655 g/mol. The van der Waals surface area contributed by atoms with Crippen molar-refractivity contribution in [2.45, 2.75) is 44.0 Å². The van der Waals surface area contributed by atoms with Gasteiger partial charge in [0.15, 0.2) is 0 Å². The van der Waals surface area contributed by atoms with Crippen LogP contribution in [0, 0.1) is 0 Å².